The Labute approximate surface area is 242 Å². The van der Waals surface area contributed by atoms with Crippen LogP contribution in [0.5, 0.6) is 0 Å². The van der Waals surface area contributed by atoms with Crippen molar-refractivity contribution in [2.45, 2.75) is 19.3 Å². The summed E-state index contributed by atoms with van der Waals surface area (Å²) < 4.78 is 18.8. The van der Waals surface area contributed by atoms with Gasteiger partial charge in [0.1, 0.15) is 19.5 Å². The fourth-order valence-corrected chi connectivity index (χ4v) is 6.38. The van der Waals surface area contributed by atoms with Crippen LogP contribution in [0.2, 0.25) is 0 Å². The molecule has 2 aliphatic rings. The SMILES string of the molecule is CC1(C)C(=O)N(CC(=O)N2CCOCC2)c2ccc(Nc3ncc(Br)c(Nc4ccccc4P(C)(C)=O)n3)cc21. The monoisotopic (exact) mass is 626 g/mol. The zero-order chi connectivity index (χ0) is 28.7. The number of rotatable bonds is 7. The largest absolute Gasteiger partial charge is 0.378 e. The first-order valence-corrected chi connectivity index (χ1v) is 16.4. The first kappa shape index (κ1) is 28.3. The van der Waals surface area contributed by atoms with Gasteiger partial charge in [-0.25, -0.2) is 4.98 Å². The molecule has 3 aromatic rings. The molecule has 0 spiro atoms. The number of fused-ring (bicyclic) bond motifs is 1. The number of nitrogens with one attached hydrogen (secondary N) is 2. The Bertz CT molecular complexity index is 1520. The Kier molecular flexibility index (Phi) is 7.74. The second-order valence-electron chi connectivity index (χ2n) is 10.7. The molecular formula is C28H32BrN6O4P. The maximum atomic E-state index is 13.4. The number of hydrogen-bond acceptors (Lipinski definition) is 8. The molecule has 12 heteroatoms. The van der Waals surface area contributed by atoms with E-state index in [0.29, 0.717) is 53.9 Å². The Morgan fingerprint density at radius 2 is 1.85 bits per heavy atom. The summed E-state index contributed by atoms with van der Waals surface area (Å²) in [5, 5.41) is 7.25. The quantitative estimate of drug-likeness (QED) is 0.369. The van der Waals surface area contributed by atoms with Crippen molar-refractivity contribution >= 4 is 69.0 Å². The number of nitrogens with zero attached hydrogens (tertiary/aromatic N) is 4. The Morgan fingerprint density at radius 3 is 2.58 bits per heavy atom. The van der Waals surface area contributed by atoms with Gasteiger partial charge in [0.2, 0.25) is 17.8 Å². The van der Waals surface area contributed by atoms with E-state index in [9.17, 15) is 14.2 Å². The Hall–Kier alpha value is -3.27. The molecule has 1 aromatic heterocycles. The lowest BCUT2D eigenvalue weighted by Gasteiger charge is -2.29. The van der Waals surface area contributed by atoms with Crippen molar-refractivity contribution in [2.24, 2.45) is 0 Å². The zero-order valence-electron chi connectivity index (χ0n) is 22.9. The summed E-state index contributed by atoms with van der Waals surface area (Å²) in [4.78, 5) is 38.6. The van der Waals surface area contributed by atoms with Gasteiger partial charge in [0.15, 0.2) is 0 Å². The number of morpholine rings is 1. The van der Waals surface area contributed by atoms with Crippen LogP contribution in [0.1, 0.15) is 19.4 Å². The van der Waals surface area contributed by atoms with E-state index in [1.54, 1.807) is 29.3 Å². The Balaban J connectivity index is 1.38. The van der Waals surface area contributed by atoms with E-state index in [0.717, 1.165) is 16.6 Å². The number of hydrogen-bond donors (Lipinski definition) is 2. The van der Waals surface area contributed by atoms with E-state index in [1.807, 2.05) is 56.3 Å². The van der Waals surface area contributed by atoms with Crippen molar-refractivity contribution in [3.8, 4) is 0 Å². The molecule has 1 fully saturated rings. The molecule has 0 aliphatic carbocycles. The average Bonchev–Trinajstić information content (AvgIpc) is 3.11. The van der Waals surface area contributed by atoms with Crippen molar-refractivity contribution < 1.29 is 18.9 Å². The van der Waals surface area contributed by atoms with Gasteiger partial charge in [-0.2, -0.15) is 4.98 Å². The molecule has 0 radical (unpaired) electrons. The van der Waals surface area contributed by atoms with Gasteiger partial charge in [-0.3, -0.25) is 9.59 Å². The highest BCUT2D eigenvalue weighted by Crippen LogP contribution is 2.43. The molecule has 2 amide bonds. The summed E-state index contributed by atoms with van der Waals surface area (Å²) in [5.74, 6) is 0.661. The molecule has 3 heterocycles. The van der Waals surface area contributed by atoms with Crippen LogP contribution in [0.4, 0.5) is 28.8 Å². The number of amides is 2. The molecule has 210 valence electrons. The number of aromatic nitrogens is 2. The van der Waals surface area contributed by atoms with E-state index >= 15 is 0 Å². The molecule has 1 saturated heterocycles. The zero-order valence-corrected chi connectivity index (χ0v) is 25.4. The highest BCUT2D eigenvalue weighted by atomic mass is 79.9. The topological polar surface area (TPSA) is 117 Å². The molecule has 0 bridgehead atoms. The lowest BCUT2D eigenvalue weighted by atomic mass is 9.86. The minimum atomic E-state index is -2.52. The Morgan fingerprint density at radius 1 is 1.12 bits per heavy atom. The summed E-state index contributed by atoms with van der Waals surface area (Å²) >= 11 is 3.50. The summed E-state index contributed by atoms with van der Waals surface area (Å²) in [6.45, 7) is 9.28. The smallest absolute Gasteiger partial charge is 0.242 e. The van der Waals surface area contributed by atoms with Crippen LogP contribution in [0.3, 0.4) is 0 Å². The van der Waals surface area contributed by atoms with Crippen LogP contribution >= 0.6 is 23.1 Å². The van der Waals surface area contributed by atoms with Gasteiger partial charge >= 0.3 is 0 Å². The van der Waals surface area contributed by atoms with Crippen molar-refractivity contribution in [2.75, 3.05) is 61.7 Å². The van der Waals surface area contributed by atoms with E-state index in [2.05, 4.69) is 36.5 Å². The first-order valence-electron chi connectivity index (χ1n) is 13.0. The minimum absolute atomic E-state index is 0.00316. The lowest BCUT2D eigenvalue weighted by molar-refractivity contribution is -0.135. The number of benzene rings is 2. The van der Waals surface area contributed by atoms with E-state index < -0.39 is 12.6 Å². The molecule has 0 unspecified atom stereocenters. The third-order valence-corrected chi connectivity index (χ3v) is 9.27. The predicted octanol–water partition coefficient (Wildman–Crippen LogP) is 4.46. The van der Waals surface area contributed by atoms with Crippen LogP contribution in [-0.4, -0.2) is 72.9 Å². The van der Waals surface area contributed by atoms with Crippen LogP contribution in [0.25, 0.3) is 0 Å². The second kappa shape index (κ2) is 11.0. The number of anilines is 5. The molecule has 10 nitrogen and oxygen atoms in total. The predicted molar refractivity (Wildman–Crippen MR) is 161 cm³/mol. The maximum Gasteiger partial charge on any atom is 0.242 e. The lowest BCUT2D eigenvalue weighted by Crippen LogP contribution is -2.47. The van der Waals surface area contributed by atoms with Crippen molar-refractivity contribution in [1.29, 1.82) is 0 Å². The normalized spacial score (nSPS) is 16.6. The molecule has 2 aromatic carbocycles. The molecule has 5 rings (SSSR count). The number of halogens is 1. The van der Waals surface area contributed by atoms with Gasteiger partial charge in [0.25, 0.3) is 0 Å². The minimum Gasteiger partial charge on any atom is -0.378 e. The summed E-state index contributed by atoms with van der Waals surface area (Å²) in [5.41, 5.74) is 2.17. The maximum absolute atomic E-state index is 13.4. The van der Waals surface area contributed by atoms with E-state index in [4.69, 9.17) is 4.74 Å². The molecule has 40 heavy (non-hydrogen) atoms. The van der Waals surface area contributed by atoms with Gasteiger partial charge in [-0.1, -0.05) is 12.1 Å². The molecule has 0 atom stereocenters. The van der Waals surface area contributed by atoms with Crippen molar-refractivity contribution in [3.63, 3.8) is 0 Å². The van der Waals surface area contributed by atoms with Crippen molar-refractivity contribution in [1.82, 2.24) is 14.9 Å². The van der Waals surface area contributed by atoms with Gasteiger partial charge < -0.3 is 29.7 Å². The van der Waals surface area contributed by atoms with Gasteiger partial charge in [0.05, 0.1) is 28.8 Å². The fourth-order valence-electron chi connectivity index (χ4n) is 4.94. The second-order valence-corrected chi connectivity index (χ2v) is 14.8. The van der Waals surface area contributed by atoms with Crippen LogP contribution in [0.15, 0.2) is 53.1 Å². The third-order valence-electron chi connectivity index (χ3n) is 7.14. The number of ether oxygens (including phenoxy) is 1. The number of carbonyl (C=O) groups is 2. The molecule has 2 N–H and O–H groups in total. The van der Waals surface area contributed by atoms with E-state index in [-0.39, 0.29) is 18.4 Å². The summed E-state index contributed by atoms with van der Waals surface area (Å²) in [6, 6.07) is 13.1. The highest BCUT2D eigenvalue weighted by Gasteiger charge is 2.45. The van der Waals surface area contributed by atoms with Gasteiger partial charge in [0, 0.05) is 36.0 Å². The van der Waals surface area contributed by atoms with Crippen LogP contribution < -0.4 is 20.8 Å². The van der Waals surface area contributed by atoms with Crippen LogP contribution in [-0.2, 0) is 24.3 Å². The summed E-state index contributed by atoms with van der Waals surface area (Å²) in [7, 11) is -2.52. The van der Waals surface area contributed by atoms with E-state index in [1.165, 1.54) is 0 Å². The molecule has 0 saturated carbocycles. The standard InChI is InChI=1S/C28H32BrN6O4P/c1-28(2)19-15-18(9-10-22(19)35(26(28)37)17-24(36)34-11-13-39-14-12-34)31-27-30-16-20(29)25(33-27)32-21-7-5-6-8-23(21)40(3,4)38/h5-10,15-16H,11-14,17H2,1-4H3,(H2,30,31,32,33). The average molecular weight is 627 g/mol. The molecule has 2 aliphatic heterocycles. The fraction of sp³-hybridized carbons (Fsp3) is 0.357. The van der Waals surface area contributed by atoms with Gasteiger partial charge in [-0.05, 0) is 79.0 Å². The number of carbonyl (C=O) groups excluding carboxylic acids is 2. The van der Waals surface area contributed by atoms with Gasteiger partial charge in [-0.15, -0.1) is 0 Å². The summed E-state index contributed by atoms with van der Waals surface area (Å²) in [6.07, 6.45) is 1.64. The van der Waals surface area contributed by atoms with Crippen molar-refractivity contribution in [3.05, 3.63) is 58.7 Å². The first-order chi connectivity index (χ1) is 18.9. The molecular weight excluding hydrogens is 595 g/mol. The third kappa shape index (κ3) is 5.64. The highest BCUT2D eigenvalue weighted by molar-refractivity contribution is 9.10. The van der Waals surface area contributed by atoms with Crippen LogP contribution in [0, 0.1) is 0 Å². The number of para-hydroxylation sites is 1.